The van der Waals surface area contributed by atoms with Crippen LogP contribution < -0.4 is 4.74 Å². The maximum Gasteiger partial charge on any atom is 0.166 e. The Kier molecular flexibility index (Phi) is 6.24. The summed E-state index contributed by atoms with van der Waals surface area (Å²) in [6.45, 7) is 0. The Labute approximate surface area is 135 Å². The van der Waals surface area contributed by atoms with Crippen LogP contribution in [0.5, 0.6) is 5.75 Å². The third kappa shape index (κ3) is 4.30. The van der Waals surface area contributed by atoms with Crippen molar-refractivity contribution < 1.29 is 14.3 Å². The third-order valence-corrected chi connectivity index (χ3v) is 4.75. The van der Waals surface area contributed by atoms with Crippen LogP contribution in [0.15, 0.2) is 22.7 Å². The van der Waals surface area contributed by atoms with Gasteiger partial charge in [0, 0.05) is 23.6 Å². The Morgan fingerprint density at radius 3 is 2.62 bits per heavy atom. The number of Topliss-reactive ketones (excluding diaryl/α,β-unsaturated/α-hetero) is 1. The van der Waals surface area contributed by atoms with Crippen molar-refractivity contribution in [3.8, 4) is 5.75 Å². The van der Waals surface area contributed by atoms with Gasteiger partial charge in [0.1, 0.15) is 11.9 Å². The van der Waals surface area contributed by atoms with E-state index in [0.29, 0.717) is 12.3 Å². The van der Waals surface area contributed by atoms with E-state index in [4.69, 9.17) is 9.47 Å². The molecule has 116 valence electrons. The summed E-state index contributed by atoms with van der Waals surface area (Å²) in [5, 5.41) is 0. The van der Waals surface area contributed by atoms with Crippen LogP contribution >= 0.6 is 15.9 Å². The molecule has 1 unspecified atom stereocenters. The van der Waals surface area contributed by atoms with Gasteiger partial charge in [0.2, 0.25) is 0 Å². The van der Waals surface area contributed by atoms with E-state index < -0.39 is 0 Å². The summed E-state index contributed by atoms with van der Waals surface area (Å²) < 4.78 is 11.8. The van der Waals surface area contributed by atoms with Crippen LogP contribution in [0.4, 0.5) is 0 Å². The summed E-state index contributed by atoms with van der Waals surface area (Å²) in [7, 11) is 3.28. The van der Waals surface area contributed by atoms with Crippen molar-refractivity contribution in [2.75, 3.05) is 14.2 Å². The Morgan fingerprint density at radius 1 is 1.29 bits per heavy atom. The van der Waals surface area contributed by atoms with Crippen molar-refractivity contribution in [2.24, 2.45) is 5.92 Å². The zero-order valence-corrected chi connectivity index (χ0v) is 14.3. The molecule has 0 heterocycles. The summed E-state index contributed by atoms with van der Waals surface area (Å²) >= 11 is 3.45. The van der Waals surface area contributed by atoms with Gasteiger partial charge < -0.3 is 9.47 Å². The van der Waals surface area contributed by atoms with E-state index in [1.54, 1.807) is 14.2 Å². The van der Waals surface area contributed by atoms with E-state index in [2.05, 4.69) is 15.9 Å². The van der Waals surface area contributed by atoms with Crippen molar-refractivity contribution in [2.45, 2.75) is 44.6 Å². The summed E-state index contributed by atoms with van der Waals surface area (Å²) in [5.74, 6) is 1.28. The average Bonchev–Trinajstić information content (AvgIpc) is 2.49. The van der Waals surface area contributed by atoms with Gasteiger partial charge in [-0.25, -0.2) is 0 Å². The molecule has 0 bridgehead atoms. The smallest absolute Gasteiger partial charge is 0.166 e. The first-order chi connectivity index (χ1) is 10.2. The first kappa shape index (κ1) is 16.5. The van der Waals surface area contributed by atoms with E-state index in [-0.39, 0.29) is 11.9 Å². The fraction of sp³-hybridized carbons (Fsp3) is 0.588. The van der Waals surface area contributed by atoms with Crippen LogP contribution in [0.2, 0.25) is 0 Å². The van der Waals surface area contributed by atoms with Crippen molar-refractivity contribution in [3.63, 3.8) is 0 Å². The van der Waals surface area contributed by atoms with Crippen LogP contribution in [0.1, 0.15) is 37.7 Å². The fourth-order valence-corrected chi connectivity index (χ4v) is 3.61. The molecule has 0 saturated heterocycles. The van der Waals surface area contributed by atoms with Gasteiger partial charge in [-0.15, -0.1) is 0 Å². The number of halogens is 1. The van der Waals surface area contributed by atoms with Gasteiger partial charge >= 0.3 is 0 Å². The van der Waals surface area contributed by atoms with Gasteiger partial charge in [0.05, 0.1) is 7.11 Å². The normalized spacial score (nSPS) is 17.5. The molecule has 1 aromatic carbocycles. The molecule has 1 aromatic rings. The molecular formula is C17H23BrO3. The van der Waals surface area contributed by atoms with E-state index in [1.807, 2.05) is 18.2 Å². The number of rotatable bonds is 6. The van der Waals surface area contributed by atoms with E-state index in [0.717, 1.165) is 28.6 Å². The molecule has 2 rings (SSSR count). The average molecular weight is 355 g/mol. The molecule has 0 spiro atoms. The van der Waals surface area contributed by atoms with Crippen molar-refractivity contribution in [3.05, 3.63) is 28.2 Å². The molecule has 0 aliphatic heterocycles. The number of ether oxygens (including phenoxy) is 2. The second kappa shape index (κ2) is 7.95. The summed E-state index contributed by atoms with van der Waals surface area (Å²) in [6, 6.07) is 5.75. The molecule has 1 aliphatic carbocycles. The zero-order chi connectivity index (χ0) is 15.2. The standard InChI is InChI=1S/C17H23BrO3/c1-20-16-9-8-14(18)10-13(16)11-15(19)17(21-2)12-6-4-3-5-7-12/h8-10,12,17H,3-7,11H2,1-2H3. The topological polar surface area (TPSA) is 35.5 Å². The Hall–Kier alpha value is -0.870. The predicted octanol–water partition coefficient (Wildman–Crippen LogP) is 4.16. The Morgan fingerprint density at radius 2 is 2.00 bits per heavy atom. The number of ketones is 1. The van der Waals surface area contributed by atoms with Crippen LogP contribution in [0.25, 0.3) is 0 Å². The minimum atomic E-state index is -0.283. The second-order valence-electron chi connectivity index (χ2n) is 5.65. The molecule has 1 saturated carbocycles. The SMILES string of the molecule is COc1ccc(Br)cc1CC(=O)C(OC)C1CCCCC1. The maximum absolute atomic E-state index is 12.6. The molecule has 0 N–H and O–H groups in total. The Bertz CT molecular complexity index is 481. The van der Waals surface area contributed by atoms with Gasteiger partial charge in [0.15, 0.2) is 5.78 Å². The first-order valence-electron chi connectivity index (χ1n) is 7.53. The molecule has 21 heavy (non-hydrogen) atoms. The highest BCUT2D eigenvalue weighted by Gasteiger charge is 2.29. The minimum Gasteiger partial charge on any atom is -0.496 e. The van der Waals surface area contributed by atoms with E-state index in [9.17, 15) is 4.79 Å². The molecular weight excluding hydrogens is 332 g/mol. The lowest BCUT2D eigenvalue weighted by Gasteiger charge is -2.28. The molecule has 4 heteroatoms. The molecule has 1 aliphatic rings. The highest BCUT2D eigenvalue weighted by atomic mass is 79.9. The highest BCUT2D eigenvalue weighted by Crippen LogP contribution is 2.30. The van der Waals surface area contributed by atoms with Crippen LogP contribution in [0.3, 0.4) is 0 Å². The van der Waals surface area contributed by atoms with E-state index >= 15 is 0 Å². The summed E-state index contributed by atoms with van der Waals surface area (Å²) in [6.07, 6.45) is 5.96. The summed E-state index contributed by atoms with van der Waals surface area (Å²) in [4.78, 5) is 12.6. The zero-order valence-electron chi connectivity index (χ0n) is 12.7. The monoisotopic (exact) mass is 354 g/mol. The lowest BCUT2D eigenvalue weighted by Crippen LogP contribution is -2.34. The van der Waals surface area contributed by atoms with E-state index in [1.165, 1.54) is 19.3 Å². The molecule has 3 nitrogen and oxygen atoms in total. The summed E-state index contributed by atoms with van der Waals surface area (Å²) in [5.41, 5.74) is 0.912. The molecule has 0 amide bonds. The number of methoxy groups -OCH3 is 2. The lowest BCUT2D eigenvalue weighted by molar-refractivity contribution is -0.132. The van der Waals surface area contributed by atoms with Crippen LogP contribution in [-0.2, 0) is 16.0 Å². The number of hydrogen-bond acceptors (Lipinski definition) is 3. The van der Waals surface area contributed by atoms with Crippen molar-refractivity contribution >= 4 is 21.7 Å². The predicted molar refractivity (Wildman–Crippen MR) is 86.8 cm³/mol. The Balaban J connectivity index is 2.10. The first-order valence-corrected chi connectivity index (χ1v) is 8.33. The number of carbonyl (C=O) groups excluding carboxylic acids is 1. The lowest BCUT2D eigenvalue weighted by atomic mass is 9.82. The molecule has 0 aromatic heterocycles. The largest absolute Gasteiger partial charge is 0.496 e. The molecule has 1 fully saturated rings. The van der Waals surface area contributed by atoms with Gasteiger partial charge in [-0.1, -0.05) is 35.2 Å². The maximum atomic E-state index is 12.6. The van der Waals surface area contributed by atoms with Gasteiger partial charge in [-0.2, -0.15) is 0 Å². The number of benzene rings is 1. The van der Waals surface area contributed by atoms with Crippen LogP contribution in [-0.4, -0.2) is 26.1 Å². The van der Waals surface area contributed by atoms with Gasteiger partial charge in [0.25, 0.3) is 0 Å². The molecule has 1 atom stereocenters. The highest BCUT2D eigenvalue weighted by molar-refractivity contribution is 9.10. The minimum absolute atomic E-state index is 0.154. The fourth-order valence-electron chi connectivity index (χ4n) is 3.20. The second-order valence-corrected chi connectivity index (χ2v) is 6.57. The van der Waals surface area contributed by atoms with Crippen LogP contribution in [0, 0.1) is 5.92 Å². The van der Waals surface area contributed by atoms with Crippen molar-refractivity contribution in [1.29, 1.82) is 0 Å². The van der Waals surface area contributed by atoms with Gasteiger partial charge in [-0.05, 0) is 37.0 Å². The number of hydrogen-bond donors (Lipinski definition) is 0. The molecule has 0 radical (unpaired) electrons. The van der Waals surface area contributed by atoms with Gasteiger partial charge in [-0.3, -0.25) is 4.79 Å². The third-order valence-electron chi connectivity index (χ3n) is 4.26. The van der Waals surface area contributed by atoms with Crippen molar-refractivity contribution in [1.82, 2.24) is 0 Å². The number of carbonyl (C=O) groups is 1. The quantitative estimate of drug-likeness (QED) is 0.769.